The maximum Gasteiger partial charge on any atom is 0.264 e. The zero-order chi connectivity index (χ0) is 8.54. The molecular formula is C7H10O3S. The first-order valence-electron chi connectivity index (χ1n) is 3.30. The molecule has 4 heteroatoms. The molecule has 62 valence electrons. The van der Waals surface area contributed by atoms with E-state index in [1.165, 1.54) is 0 Å². The van der Waals surface area contributed by atoms with Crippen molar-refractivity contribution in [1.82, 2.24) is 0 Å². The minimum Gasteiger partial charge on any atom is -0.269 e. The SMILES string of the molecule is C#CC1(COS(C)(=O)=O)CC1. The molecule has 0 saturated heterocycles. The van der Waals surface area contributed by atoms with E-state index in [2.05, 4.69) is 10.1 Å². The molecule has 0 aromatic carbocycles. The average Bonchev–Trinajstić information content (AvgIpc) is 2.63. The third-order valence-corrected chi connectivity index (χ3v) is 2.26. The second-order valence-electron chi connectivity index (χ2n) is 2.89. The van der Waals surface area contributed by atoms with E-state index in [1.807, 2.05) is 0 Å². The first-order valence-corrected chi connectivity index (χ1v) is 5.11. The van der Waals surface area contributed by atoms with Crippen molar-refractivity contribution < 1.29 is 12.6 Å². The Hall–Kier alpha value is -0.530. The monoisotopic (exact) mass is 174 g/mol. The molecule has 1 aliphatic carbocycles. The molecule has 0 heterocycles. The number of hydrogen-bond donors (Lipinski definition) is 0. The zero-order valence-electron chi connectivity index (χ0n) is 6.33. The van der Waals surface area contributed by atoms with Crippen LogP contribution < -0.4 is 0 Å². The summed E-state index contributed by atoms with van der Waals surface area (Å²) in [5.41, 5.74) is -0.275. The second kappa shape index (κ2) is 2.50. The van der Waals surface area contributed by atoms with Gasteiger partial charge in [0.2, 0.25) is 0 Å². The molecule has 1 aliphatic rings. The van der Waals surface area contributed by atoms with Gasteiger partial charge in [0.15, 0.2) is 0 Å². The second-order valence-corrected chi connectivity index (χ2v) is 4.53. The van der Waals surface area contributed by atoms with Crippen LogP contribution in [-0.2, 0) is 14.3 Å². The fraction of sp³-hybridized carbons (Fsp3) is 0.714. The molecule has 0 unspecified atom stereocenters. The van der Waals surface area contributed by atoms with Gasteiger partial charge in [-0.3, -0.25) is 4.18 Å². The van der Waals surface area contributed by atoms with Crippen LogP contribution in [0.1, 0.15) is 12.8 Å². The van der Waals surface area contributed by atoms with Gasteiger partial charge in [-0.25, -0.2) is 0 Å². The Labute approximate surface area is 66.9 Å². The van der Waals surface area contributed by atoms with Crippen molar-refractivity contribution in [3.8, 4) is 12.3 Å². The fourth-order valence-corrected chi connectivity index (χ4v) is 1.14. The molecule has 0 aromatic heterocycles. The molecule has 0 radical (unpaired) electrons. The summed E-state index contributed by atoms with van der Waals surface area (Å²) in [6.45, 7) is 0.141. The predicted octanol–water partition coefficient (Wildman–Crippen LogP) is 0.376. The third-order valence-electron chi connectivity index (χ3n) is 1.71. The van der Waals surface area contributed by atoms with Crippen molar-refractivity contribution in [2.24, 2.45) is 5.41 Å². The van der Waals surface area contributed by atoms with Gasteiger partial charge in [0, 0.05) is 0 Å². The van der Waals surface area contributed by atoms with Crippen LogP contribution >= 0.6 is 0 Å². The fourth-order valence-electron chi connectivity index (χ4n) is 0.701. The first kappa shape index (κ1) is 8.57. The van der Waals surface area contributed by atoms with E-state index in [1.54, 1.807) is 0 Å². The van der Waals surface area contributed by atoms with E-state index < -0.39 is 10.1 Å². The highest BCUT2D eigenvalue weighted by atomic mass is 32.2. The summed E-state index contributed by atoms with van der Waals surface area (Å²) in [6.07, 6.45) is 7.95. The number of terminal acetylenes is 1. The highest BCUT2D eigenvalue weighted by molar-refractivity contribution is 7.85. The molecule has 1 fully saturated rings. The average molecular weight is 174 g/mol. The largest absolute Gasteiger partial charge is 0.269 e. The van der Waals surface area contributed by atoms with Gasteiger partial charge < -0.3 is 0 Å². The highest BCUT2D eigenvalue weighted by Crippen LogP contribution is 2.45. The molecule has 0 aromatic rings. The molecule has 0 spiro atoms. The molecule has 0 atom stereocenters. The molecule has 0 aliphatic heterocycles. The molecule has 1 saturated carbocycles. The summed E-state index contributed by atoms with van der Waals surface area (Å²) < 4.78 is 25.6. The molecule has 3 nitrogen and oxygen atoms in total. The molecular weight excluding hydrogens is 164 g/mol. The normalized spacial score (nSPS) is 20.7. The van der Waals surface area contributed by atoms with Gasteiger partial charge in [-0.15, -0.1) is 6.42 Å². The van der Waals surface area contributed by atoms with Crippen LogP contribution in [0.25, 0.3) is 0 Å². The highest BCUT2D eigenvalue weighted by Gasteiger charge is 2.42. The predicted molar refractivity (Wildman–Crippen MR) is 41.3 cm³/mol. The standard InChI is InChI=1S/C7H10O3S/c1-3-7(4-5-7)6-10-11(2,8)9/h1H,4-6H2,2H3. The molecule has 0 bridgehead atoms. The van der Waals surface area contributed by atoms with Crippen LogP contribution in [0.15, 0.2) is 0 Å². The van der Waals surface area contributed by atoms with Gasteiger partial charge in [-0.05, 0) is 12.8 Å². The Morgan fingerprint density at radius 1 is 1.64 bits per heavy atom. The summed E-state index contributed by atoms with van der Waals surface area (Å²) in [6, 6.07) is 0. The van der Waals surface area contributed by atoms with E-state index in [0.29, 0.717) is 0 Å². The van der Waals surface area contributed by atoms with Gasteiger partial charge in [-0.2, -0.15) is 8.42 Å². The van der Waals surface area contributed by atoms with E-state index in [-0.39, 0.29) is 12.0 Å². The van der Waals surface area contributed by atoms with E-state index in [0.717, 1.165) is 19.1 Å². The van der Waals surface area contributed by atoms with E-state index in [9.17, 15) is 8.42 Å². The molecule has 11 heavy (non-hydrogen) atoms. The van der Waals surface area contributed by atoms with Crippen molar-refractivity contribution in [1.29, 1.82) is 0 Å². The van der Waals surface area contributed by atoms with Crippen LogP contribution in [0.3, 0.4) is 0 Å². The van der Waals surface area contributed by atoms with Gasteiger partial charge in [0.05, 0.1) is 18.3 Å². The Balaban J connectivity index is 2.41. The molecule has 0 N–H and O–H groups in total. The lowest BCUT2D eigenvalue weighted by Gasteiger charge is -2.05. The Morgan fingerprint density at radius 2 is 2.18 bits per heavy atom. The maximum atomic E-state index is 10.5. The number of hydrogen-bond acceptors (Lipinski definition) is 3. The lowest BCUT2D eigenvalue weighted by Crippen LogP contribution is -2.12. The summed E-state index contributed by atoms with van der Waals surface area (Å²) in [5, 5.41) is 0. The topological polar surface area (TPSA) is 43.4 Å². The quantitative estimate of drug-likeness (QED) is 0.459. The van der Waals surface area contributed by atoms with E-state index >= 15 is 0 Å². The van der Waals surface area contributed by atoms with Gasteiger partial charge in [-0.1, -0.05) is 5.92 Å². The zero-order valence-corrected chi connectivity index (χ0v) is 7.15. The van der Waals surface area contributed by atoms with Crippen LogP contribution in [0.2, 0.25) is 0 Å². The van der Waals surface area contributed by atoms with Crippen LogP contribution in [0.4, 0.5) is 0 Å². The van der Waals surface area contributed by atoms with Crippen LogP contribution in [0, 0.1) is 17.8 Å². The summed E-state index contributed by atoms with van der Waals surface area (Å²) in [4.78, 5) is 0. The Morgan fingerprint density at radius 3 is 2.45 bits per heavy atom. The summed E-state index contributed by atoms with van der Waals surface area (Å²) in [5.74, 6) is 2.54. The molecule has 1 rings (SSSR count). The van der Waals surface area contributed by atoms with Gasteiger partial charge >= 0.3 is 0 Å². The van der Waals surface area contributed by atoms with Crippen molar-refractivity contribution in [2.45, 2.75) is 12.8 Å². The van der Waals surface area contributed by atoms with Gasteiger partial charge in [0.25, 0.3) is 10.1 Å². The van der Waals surface area contributed by atoms with Crippen molar-refractivity contribution >= 4 is 10.1 Å². The smallest absolute Gasteiger partial charge is 0.264 e. The third kappa shape index (κ3) is 2.52. The minimum absolute atomic E-state index is 0.141. The van der Waals surface area contributed by atoms with Crippen LogP contribution in [-0.4, -0.2) is 21.3 Å². The van der Waals surface area contributed by atoms with Crippen molar-refractivity contribution in [3.05, 3.63) is 0 Å². The van der Waals surface area contributed by atoms with Gasteiger partial charge in [0.1, 0.15) is 0 Å². The summed E-state index contributed by atoms with van der Waals surface area (Å²) in [7, 11) is -3.32. The minimum atomic E-state index is -3.32. The maximum absolute atomic E-state index is 10.5. The number of rotatable bonds is 3. The first-order chi connectivity index (χ1) is 4.97. The molecule has 0 amide bonds. The van der Waals surface area contributed by atoms with Crippen molar-refractivity contribution in [2.75, 3.05) is 12.9 Å². The lowest BCUT2D eigenvalue weighted by atomic mass is 10.1. The Kier molecular flexibility index (Phi) is 1.95. The summed E-state index contributed by atoms with van der Waals surface area (Å²) >= 11 is 0. The van der Waals surface area contributed by atoms with Crippen LogP contribution in [0.5, 0.6) is 0 Å². The van der Waals surface area contributed by atoms with E-state index in [4.69, 9.17) is 6.42 Å². The van der Waals surface area contributed by atoms with Crippen molar-refractivity contribution in [3.63, 3.8) is 0 Å². The lowest BCUT2D eigenvalue weighted by molar-refractivity contribution is 0.277. The Bertz CT molecular complexity index is 279.